The Labute approximate surface area is 236 Å². The van der Waals surface area contributed by atoms with E-state index in [1.165, 1.54) is 18.1 Å². The van der Waals surface area contributed by atoms with E-state index in [4.69, 9.17) is 9.47 Å². The molecule has 1 aliphatic rings. The Morgan fingerprint density at radius 1 is 0.775 bits per heavy atom. The lowest BCUT2D eigenvalue weighted by atomic mass is 9.91. The molecular weight excluding hydrogens is 502 g/mol. The highest BCUT2D eigenvalue weighted by Crippen LogP contribution is 2.35. The van der Waals surface area contributed by atoms with Gasteiger partial charge in [-0.15, -0.1) is 6.58 Å². The first-order valence-electron chi connectivity index (χ1n) is 14.2. The van der Waals surface area contributed by atoms with Crippen molar-refractivity contribution in [1.82, 2.24) is 0 Å². The summed E-state index contributed by atoms with van der Waals surface area (Å²) in [5.74, 6) is -1.24. The summed E-state index contributed by atoms with van der Waals surface area (Å²) in [7, 11) is 0. The van der Waals surface area contributed by atoms with E-state index in [1.807, 2.05) is 37.3 Å². The number of allylic oxidation sites excluding steroid dienone is 1. The Balaban J connectivity index is 1.23. The van der Waals surface area contributed by atoms with E-state index < -0.39 is 11.6 Å². The topological polar surface area (TPSA) is 18.5 Å². The second kappa shape index (κ2) is 13.1. The van der Waals surface area contributed by atoms with Gasteiger partial charge in [-0.1, -0.05) is 85.8 Å². The van der Waals surface area contributed by atoms with Crippen LogP contribution >= 0.6 is 0 Å². The SMILES string of the molecule is C=CCCC1CCC(c2ccc(-c3ccc(-c4ccc(-c5ccc(OCCC)c(F)c5F)cc4)cc3)cc2)OC1. The van der Waals surface area contributed by atoms with Crippen molar-refractivity contribution in [3.05, 3.63) is 115 Å². The summed E-state index contributed by atoms with van der Waals surface area (Å²) >= 11 is 0. The molecule has 0 spiro atoms. The van der Waals surface area contributed by atoms with Crippen LogP contribution in [0.5, 0.6) is 5.75 Å². The first-order valence-corrected chi connectivity index (χ1v) is 14.2. The molecule has 1 saturated heterocycles. The number of rotatable bonds is 10. The summed E-state index contributed by atoms with van der Waals surface area (Å²) in [6.45, 7) is 6.92. The van der Waals surface area contributed by atoms with Gasteiger partial charge in [-0.25, -0.2) is 4.39 Å². The number of benzene rings is 4. The van der Waals surface area contributed by atoms with Crippen LogP contribution in [0.25, 0.3) is 33.4 Å². The lowest BCUT2D eigenvalue weighted by Gasteiger charge is -2.29. The van der Waals surface area contributed by atoms with Crippen molar-refractivity contribution in [2.24, 2.45) is 5.92 Å². The fourth-order valence-corrected chi connectivity index (χ4v) is 5.32. The molecule has 40 heavy (non-hydrogen) atoms. The molecule has 0 N–H and O–H groups in total. The van der Waals surface area contributed by atoms with E-state index in [-0.39, 0.29) is 17.4 Å². The van der Waals surface area contributed by atoms with Crippen molar-refractivity contribution >= 4 is 0 Å². The quantitative estimate of drug-likeness (QED) is 0.187. The zero-order valence-electron chi connectivity index (χ0n) is 23.0. The Bertz CT molecular complexity index is 1400. The van der Waals surface area contributed by atoms with E-state index in [9.17, 15) is 8.78 Å². The van der Waals surface area contributed by atoms with Crippen molar-refractivity contribution in [2.45, 2.75) is 45.1 Å². The lowest BCUT2D eigenvalue weighted by Crippen LogP contribution is -2.20. The second-order valence-corrected chi connectivity index (χ2v) is 10.5. The molecule has 4 heteroatoms. The Morgan fingerprint density at radius 3 is 1.88 bits per heavy atom. The van der Waals surface area contributed by atoms with Gasteiger partial charge in [0, 0.05) is 5.56 Å². The van der Waals surface area contributed by atoms with Crippen LogP contribution in [0.4, 0.5) is 8.78 Å². The molecule has 2 nitrogen and oxygen atoms in total. The van der Waals surface area contributed by atoms with Crippen LogP contribution in [0.2, 0.25) is 0 Å². The molecule has 0 aliphatic carbocycles. The second-order valence-electron chi connectivity index (χ2n) is 10.5. The molecule has 5 rings (SSSR count). The minimum atomic E-state index is -0.946. The molecule has 1 aliphatic heterocycles. The van der Waals surface area contributed by atoms with E-state index >= 15 is 0 Å². The summed E-state index contributed by atoms with van der Waals surface area (Å²) in [4.78, 5) is 0. The van der Waals surface area contributed by atoms with Gasteiger partial charge >= 0.3 is 0 Å². The first-order chi connectivity index (χ1) is 19.6. The molecule has 0 saturated carbocycles. The van der Waals surface area contributed by atoms with Crippen LogP contribution in [0.3, 0.4) is 0 Å². The van der Waals surface area contributed by atoms with Crippen LogP contribution in [0, 0.1) is 17.6 Å². The average Bonchev–Trinajstić information content (AvgIpc) is 3.01. The molecule has 2 atom stereocenters. The molecule has 0 bridgehead atoms. The maximum Gasteiger partial charge on any atom is 0.201 e. The summed E-state index contributed by atoms with van der Waals surface area (Å²) in [6.07, 6.45) is 7.38. The summed E-state index contributed by atoms with van der Waals surface area (Å²) in [5.41, 5.74) is 6.45. The van der Waals surface area contributed by atoms with E-state index in [2.05, 4.69) is 55.1 Å². The maximum absolute atomic E-state index is 14.7. The van der Waals surface area contributed by atoms with Crippen LogP contribution in [0.1, 0.15) is 50.7 Å². The molecule has 1 heterocycles. The molecule has 4 aromatic carbocycles. The Kier molecular flexibility index (Phi) is 9.08. The zero-order chi connectivity index (χ0) is 27.9. The smallest absolute Gasteiger partial charge is 0.201 e. The normalized spacial score (nSPS) is 17.0. The minimum absolute atomic E-state index is 0.0511. The zero-order valence-corrected chi connectivity index (χ0v) is 23.0. The van der Waals surface area contributed by atoms with Gasteiger partial charge in [0.2, 0.25) is 5.82 Å². The van der Waals surface area contributed by atoms with Gasteiger partial charge in [-0.2, -0.15) is 4.39 Å². The summed E-state index contributed by atoms with van der Waals surface area (Å²) in [5, 5.41) is 0. The molecule has 0 radical (unpaired) electrons. The van der Waals surface area contributed by atoms with Gasteiger partial charge in [-0.3, -0.25) is 0 Å². The molecule has 4 aromatic rings. The molecular formula is C36H36F2O2. The van der Waals surface area contributed by atoms with Crippen molar-refractivity contribution in [1.29, 1.82) is 0 Å². The standard InChI is InChI=1S/C36H36F2O2/c1-3-5-6-25-7-21-33(40-24-25)31-18-14-29(15-19-31)27-10-8-26(9-11-27)28-12-16-30(17-13-28)32-20-22-34(39-23-4-2)36(38)35(32)37/h3,8-20,22,25,33H,1,4-7,21,23-24H2,2H3. The Morgan fingerprint density at radius 2 is 1.35 bits per heavy atom. The predicted octanol–water partition coefficient (Wildman–Crippen LogP) is 10.2. The highest BCUT2D eigenvalue weighted by atomic mass is 19.2. The third-order valence-corrected chi connectivity index (χ3v) is 7.69. The summed E-state index contributed by atoms with van der Waals surface area (Å²) < 4.78 is 40.7. The molecule has 0 amide bonds. The molecule has 1 fully saturated rings. The lowest BCUT2D eigenvalue weighted by molar-refractivity contribution is -0.0190. The third kappa shape index (κ3) is 6.34. The Hall–Kier alpha value is -3.76. The largest absolute Gasteiger partial charge is 0.490 e. The molecule has 206 valence electrons. The van der Waals surface area contributed by atoms with Gasteiger partial charge in [0.25, 0.3) is 0 Å². The van der Waals surface area contributed by atoms with Crippen molar-refractivity contribution < 1.29 is 18.3 Å². The van der Waals surface area contributed by atoms with E-state index in [1.54, 1.807) is 6.07 Å². The van der Waals surface area contributed by atoms with Crippen LogP contribution in [0.15, 0.2) is 97.6 Å². The molecule has 2 unspecified atom stereocenters. The van der Waals surface area contributed by atoms with Crippen molar-refractivity contribution in [3.63, 3.8) is 0 Å². The van der Waals surface area contributed by atoms with E-state index in [0.29, 0.717) is 18.1 Å². The predicted molar refractivity (Wildman–Crippen MR) is 159 cm³/mol. The summed E-state index contributed by atoms with van der Waals surface area (Å²) in [6, 6.07) is 27.7. The fourth-order valence-electron chi connectivity index (χ4n) is 5.32. The number of halogens is 2. The highest BCUT2D eigenvalue weighted by Gasteiger charge is 2.22. The highest BCUT2D eigenvalue weighted by molar-refractivity contribution is 5.73. The number of hydrogen-bond donors (Lipinski definition) is 0. The monoisotopic (exact) mass is 538 g/mol. The van der Waals surface area contributed by atoms with Crippen LogP contribution < -0.4 is 4.74 Å². The molecule has 0 aromatic heterocycles. The van der Waals surface area contributed by atoms with Crippen molar-refractivity contribution in [3.8, 4) is 39.1 Å². The number of ether oxygens (including phenoxy) is 2. The average molecular weight is 539 g/mol. The van der Waals surface area contributed by atoms with Gasteiger partial charge in [0.1, 0.15) is 0 Å². The van der Waals surface area contributed by atoms with Crippen LogP contribution in [-0.2, 0) is 4.74 Å². The van der Waals surface area contributed by atoms with E-state index in [0.717, 1.165) is 54.5 Å². The maximum atomic E-state index is 14.7. The van der Waals surface area contributed by atoms with Crippen LogP contribution in [-0.4, -0.2) is 13.2 Å². The third-order valence-electron chi connectivity index (χ3n) is 7.69. The first kappa shape index (κ1) is 27.8. The minimum Gasteiger partial charge on any atom is -0.490 e. The van der Waals surface area contributed by atoms with Gasteiger partial charge in [-0.05, 0) is 83.5 Å². The van der Waals surface area contributed by atoms with Crippen molar-refractivity contribution in [2.75, 3.05) is 13.2 Å². The number of hydrogen-bond acceptors (Lipinski definition) is 2. The fraction of sp³-hybridized carbons (Fsp3) is 0.278. The van der Waals surface area contributed by atoms with Gasteiger partial charge in [0.15, 0.2) is 11.6 Å². The van der Waals surface area contributed by atoms with Gasteiger partial charge < -0.3 is 9.47 Å². The van der Waals surface area contributed by atoms with Gasteiger partial charge in [0.05, 0.1) is 19.3 Å².